The third kappa shape index (κ3) is 1.94. The number of hydrogen-bond acceptors (Lipinski definition) is 2. The summed E-state index contributed by atoms with van der Waals surface area (Å²) in [5, 5.41) is 11.3. The van der Waals surface area contributed by atoms with Crippen LogP contribution in [-0.2, 0) is 0 Å². The molecule has 0 fully saturated rings. The van der Waals surface area contributed by atoms with Crippen LogP contribution >= 0.6 is 11.6 Å². The molecule has 0 aliphatic carbocycles. The Balaban J connectivity index is 2.25. The molecule has 0 amide bonds. The van der Waals surface area contributed by atoms with Crippen molar-refractivity contribution in [3.63, 3.8) is 0 Å². The summed E-state index contributed by atoms with van der Waals surface area (Å²) in [5.41, 5.74) is 2.03. The van der Waals surface area contributed by atoms with Crippen LogP contribution in [0.3, 0.4) is 0 Å². The topological polar surface area (TPSA) is 40.7 Å². The predicted octanol–water partition coefficient (Wildman–Crippen LogP) is 4.06. The van der Waals surface area contributed by atoms with Gasteiger partial charge < -0.3 is 5.32 Å². The maximum atomic E-state index is 13.9. The van der Waals surface area contributed by atoms with Gasteiger partial charge in [-0.05, 0) is 29.8 Å². The van der Waals surface area contributed by atoms with Crippen LogP contribution < -0.4 is 5.32 Å². The highest BCUT2D eigenvalue weighted by Gasteiger charge is 2.12. The van der Waals surface area contributed by atoms with Crippen molar-refractivity contribution in [3.05, 3.63) is 47.2 Å². The maximum Gasteiger partial charge on any atom is 0.155 e. The molecule has 0 saturated heterocycles. The first kappa shape index (κ1) is 12.0. The van der Waals surface area contributed by atoms with Crippen LogP contribution in [0.4, 0.5) is 10.2 Å². The summed E-state index contributed by atoms with van der Waals surface area (Å²) in [5.74, 6) is 0.394. The molecule has 0 aliphatic heterocycles. The zero-order valence-electron chi connectivity index (χ0n) is 10.2. The minimum atomic E-state index is -0.332. The zero-order valence-corrected chi connectivity index (χ0v) is 10.9. The van der Waals surface area contributed by atoms with Gasteiger partial charge in [0.05, 0.1) is 10.5 Å². The maximum absolute atomic E-state index is 13.9. The molecule has 2 N–H and O–H groups in total. The molecule has 3 aromatic rings. The number of anilines is 1. The van der Waals surface area contributed by atoms with Crippen LogP contribution in [-0.4, -0.2) is 17.2 Å². The first-order chi connectivity index (χ1) is 9.20. The standard InChI is InChI=1S/C14H11ClFN3/c1-17-14-9-7-8(5-6-12(9)18-19-14)13-10(15)3-2-4-11(13)16/h2-7H,1H3,(H2,17,18,19). The smallest absolute Gasteiger partial charge is 0.155 e. The van der Waals surface area contributed by atoms with Gasteiger partial charge in [-0.15, -0.1) is 0 Å². The van der Waals surface area contributed by atoms with Gasteiger partial charge in [0.15, 0.2) is 5.82 Å². The van der Waals surface area contributed by atoms with Gasteiger partial charge in [0.1, 0.15) is 5.82 Å². The molecule has 0 saturated carbocycles. The van der Waals surface area contributed by atoms with E-state index < -0.39 is 0 Å². The first-order valence-corrected chi connectivity index (χ1v) is 6.19. The van der Waals surface area contributed by atoms with E-state index in [1.807, 2.05) is 18.2 Å². The molecule has 2 aromatic carbocycles. The Morgan fingerprint density at radius 3 is 2.84 bits per heavy atom. The number of nitrogens with one attached hydrogen (secondary N) is 2. The summed E-state index contributed by atoms with van der Waals surface area (Å²) in [6.07, 6.45) is 0. The number of rotatable bonds is 2. The van der Waals surface area contributed by atoms with Crippen LogP contribution in [0, 0.1) is 5.82 Å². The van der Waals surface area contributed by atoms with Gasteiger partial charge >= 0.3 is 0 Å². The number of aromatic nitrogens is 2. The average molecular weight is 276 g/mol. The average Bonchev–Trinajstić information content (AvgIpc) is 2.81. The van der Waals surface area contributed by atoms with Crippen LogP contribution in [0.15, 0.2) is 36.4 Å². The van der Waals surface area contributed by atoms with E-state index in [1.54, 1.807) is 19.2 Å². The summed E-state index contributed by atoms with van der Waals surface area (Å²) >= 11 is 6.08. The molecule has 0 unspecified atom stereocenters. The second-order valence-electron chi connectivity index (χ2n) is 4.18. The van der Waals surface area contributed by atoms with Crippen molar-refractivity contribution in [2.24, 2.45) is 0 Å². The lowest BCUT2D eigenvalue weighted by atomic mass is 10.0. The molecule has 0 spiro atoms. The summed E-state index contributed by atoms with van der Waals surface area (Å²) in [4.78, 5) is 0. The van der Waals surface area contributed by atoms with Crippen molar-refractivity contribution < 1.29 is 4.39 Å². The molecule has 96 valence electrons. The highest BCUT2D eigenvalue weighted by molar-refractivity contribution is 6.33. The van der Waals surface area contributed by atoms with Crippen molar-refractivity contribution in [1.82, 2.24) is 10.2 Å². The summed E-state index contributed by atoms with van der Waals surface area (Å²) in [6, 6.07) is 10.2. The Morgan fingerprint density at radius 2 is 2.11 bits per heavy atom. The van der Waals surface area contributed by atoms with Crippen LogP contribution in [0.2, 0.25) is 5.02 Å². The Hall–Kier alpha value is -2.07. The van der Waals surface area contributed by atoms with Gasteiger partial charge in [0, 0.05) is 18.0 Å². The molecule has 0 atom stereocenters. The molecule has 3 rings (SSSR count). The summed E-state index contributed by atoms with van der Waals surface area (Å²) < 4.78 is 13.9. The second kappa shape index (κ2) is 4.55. The SMILES string of the molecule is CNc1n[nH]c2ccc(-c3c(F)cccc3Cl)cc12. The Labute approximate surface area is 114 Å². The van der Waals surface area contributed by atoms with Crippen molar-refractivity contribution in [1.29, 1.82) is 0 Å². The monoisotopic (exact) mass is 275 g/mol. The van der Waals surface area contributed by atoms with Crippen molar-refractivity contribution >= 4 is 28.3 Å². The van der Waals surface area contributed by atoms with Crippen molar-refractivity contribution in [3.8, 4) is 11.1 Å². The fourth-order valence-electron chi connectivity index (χ4n) is 2.13. The van der Waals surface area contributed by atoms with E-state index >= 15 is 0 Å². The molecular formula is C14H11ClFN3. The van der Waals surface area contributed by atoms with Crippen LogP contribution in [0.1, 0.15) is 0 Å². The summed E-state index contributed by atoms with van der Waals surface area (Å²) in [6.45, 7) is 0. The Morgan fingerprint density at radius 1 is 1.26 bits per heavy atom. The zero-order chi connectivity index (χ0) is 13.4. The lowest BCUT2D eigenvalue weighted by Crippen LogP contribution is -1.89. The van der Waals surface area contributed by atoms with Crippen LogP contribution in [0.25, 0.3) is 22.0 Å². The molecule has 0 aliphatic rings. The van der Waals surface area contributed by atoms with Crippen molar-refractivity contribution in [2.45, 2.75) is 0 Å². The number of H-pyrrole nitrogens is 1. The van der Waals surface area contributed by atoms with Crippen molar-refractivity contribution in [2.75, 3.05) is 12.4 Å². The molecule has 3 nitrogen and oxygen atoms in total. The number of benzene rings is 2. The van der Waals surface area contributed by atoms with E-state index in [4.69, 9.17) is 11.6 Å². The van der Waals surface area contributed by atoms with Crippen LogP contribution in [0.5, 0.6) is 0 Å². The Bertz CT molecular complexity index is 731. The molecule has 5 heteroatoms. The van der Waals surface area contributed by atoms with E-state index in [1.165, 1.54) is 6.07 Å². The minimum Gasteiger partial charge on any atom is -0.371 e. The lowest BCUT2D eigenvalue weighted by Gasteiger charge is -2.06. The van der Waals surface area contributed by atoms with Gasteiger partial charge in [0.2, 0.25) is 0 Å². The number of aromatic amines is 1. The molecule has 1 aromatic heterocycles. The van der Waals surface area contributed by atoms with Gasteiger partial charge in [-0.25, -0.2) is 4.39 Å². The third-order valence-corrected chi connectivity index (χ3v) is 3.37. The normalized spacial score (nSPS) is 10.9. The van der Waals surface area contributed by atoms with Gasteiger partial charge in [0.25, 0.3) is 0 Å². The predicted molar refractivity (Wildman–Crippen MR) is 76.0 cm³/mol. The molecule has 0 radical (unpaired) electrons. The molecule has 0 bridgehead atoms. The lowest BCUT2D eigenvalue weighted by molar-refractivity contribution is 0.631. The van der Waals surface area contributed by atoms with E-state index in [0.717, 1.165) is 22.3 Å². The second-order valence-corrected chi connectivity index (χ2v) is 4.59. The number of fused-ring (bicyclic) bond motifs is 1. The van der Waals surface area contributed by atoms with Gasteiger partial charge in [-0.1, -0.05) is 23.7 Å². The Kier molecular flexibility index (Phi) is 2.87. The van der Waals surface area contributed by atoms with E-state index in [9.17, 15) is 4.39 Å². The highest BCUT2D eigenvalue weighted by atomic mass is 35.5. The first-order valence-electron chi connectivity index (χ1n) is 5.81. The minimum absolute atomic E-state index is 0.332. The number of hydrogen-bond donors (Lipinski definition) is 2. The molecule has 19 heavy (non-hydrogen) atoms. The van der Waals surface area contributed by atoms with Gasteiger partial charge in [-0.2, -0.15) is 5.10 Å². The van der Waals surface area contributed by atoms with E-state index in [0.29, 0.717) is 10.6 Å². The molecular weight excluding hydrogens is 265 g/mol. The summed E-state index contributed by atoms with van der Waals surface area (Å²) in [7, 11) is 1.79. The highest BCUT2D eigenvalue weighted by Crippen LogP contribution is 2.33. The van der Waals surface area contributed by atoms with E-state index in [2.05, 4.69) is 15.5 Å². The number of halogens is 2. The number of nitrogens with zero attached hydrogens (tertiary/aromatic N) is 1. The quantitative estimate of drug-likeness (QED) is 0.740. The fourth-order valence-corrected chi connectivity index (χ4v) is 2.41. The fraction of sp³-hybridized carbons (Fsp3) is 0.0714. The third-order valence-electron chi connectivity index (χ3n) is 3.05. The molecule has 1 heterocycles. The van der Waals surface area contributed by atoms with E-state index in [-0.39, 0.29) is 5.82 Å². The van der Waals surface area contributed by atoms with Gasteiger partial charge in [-0.3, -0.25) is 5.10 Å². The largest absolute Gasteiger partial charge is 0.371 e.